The molecular formula is C10H8ClFN2O. The second-order valence-electron chi connectivity index (χ2n) is 3.10. The van der Waals surface area contributed by atoms with E-state index in [-0.39, 0.29) is 16.5 Å². The Balaban J connectivity index is 2.74. The third-order valence-electron chi connectivity index (χ3n) is 2.10. The Labute approximate surface area is 90.6 Å². The third-order valence-corrected chi connectivity index (χ3v) is 2.42. The number of anilines is 1. The van der Waals surface area contributed by atoms with E-state index in [1.54, 1.807) is 13.0 Å². The number of nitrogen functional groups attached to an aromatic ring is 1. The van der Waals surface area contributed by atoms with Crippen molar-refractivity contribution in [3.8, 4) is 11.1 Å². The number of nitrogens with zero attached hydrogens (tertiary/aromatic N) is 1. The summed E-state index contributed by atoms with van der Waals surface area (Å²) in [4.78, 5) is 0. The van der Waals surface area contributed by atoms with E-state index in [1.807, 2.05) is 0 Å². The quantitative estimate of drug-likeness (QED) is 0.813. The lowest BCUT2D eigenvalue weighted by Crippen LogP contribution is -1.91. The van der Waals surface area contributed by atoms with Gasteiger partial charge in [0.1, 0.15) is 5.82 Å². The van der Waals surface area contributed by atoms with Crippen LogP contribution in [0.25, 0.3) is 11.1 Å². The molecule has 0 fully saturated rings. The first-order valence-corrected chi connectivity index (χ1v) is 4.65. The molecule has 1 aromatic carbocycles. The van der Waals surface area contributed by atoms with E-state index < -0.39 is 5.82 Å². The molecule has 78 valence electrons. The smallest absolute Gasteiger partial charge is 0.230 e. The maximum absolute atomic E-state index is 13.6. The van der Waals surface area contributed by atoms with Crippen molar-refractivity contribution in [1.29, 1.82) is 0 Å². The fraction of sp³-hybridized carbons (Fsp3) is 0.100. The van der Waals surface area contributed by atoms with Crippen molar-refractivity contribution in [2.75, 3.05) is 5.73 Å². The highest BCUT2D eigenvalue weighted by Gasteiger charge is 2.18. The molecule has 0 amide bonds. The van der Waals surface area contributed by atoms with Crippen LogP contribution < -0.4 is 5.73 Å². The molecule has 0 unspecified atom stereocenters. The normalized spacial score (nSPS) is 10.6. The molecule has 3 nitrogen and oxygen atoms in total. The van der Waals surface area contributed by atoms with Gasteiger partial charge in [0.2, 0.25) is 5.88 Å². The maximum Gasteiger partial charge on any atom is 0.230 e. The molecule has 15 heavy (non-hydrogen) atoms. The van der Waals surface area contributed by atoms with Crippen molar-refractivity contribution >= 4 is 17.5 Å². The molecule has 2 N–H and O–H groups in total. The van der Waals surface area contributed by atoms with Crippen LogP contribution in [0.2, 0.25) is 5.02 Å². The van der Waals surface area contributed by atoms with Gasteiger partial charge >= 0.3 is 0 Å². The monoisotopic (exact) mass is 226 g/mol. The molecule has 1 heterocycles. The lowest BCUT2D eigenvalue weighted by Gasteiger charge is -2.04. The molecule has 0 radical (unpaired) electrons. The van der Waals surface area contributed by atoms with Crippen LogP contribution in [0.15, 0.2) is 22.7 Å². The molecule has 0 saturated heterocycles. The first kappa shape index (κ1) is 9.98. The van der Waals surface area contributed by atoms with Gasteiger partial charge in [-0.2, -0.15) is 0 Å². The number of aromatic nitrogens is 1. The maximum atomic E-state index is 13.6. The van der Waals surface area contributed by atoms with Gasteiger partial charge in [0.05, 0.1) is 16.3 Å². The van der Waals surface area contributed by atoms with Gasteiger partial charge in [-0.25, -0.2) is 4.39 Å². The van der Waals surface area contributed by atoms with Crippen molar-refractivity contribution in [2.24, 2.45) is 0 Å². The van der Waals surface area contributed by atoms with Crippen LogP contribution in [-0.4, -0.2) is 5.16 Å². The molecule has 0 atom stereocenters. The Hall–Kier alpha value is -1.55. The standard InChI is InChI=1S/C10H8ClFN2O/c1-5-8(10(13)15-14-5)9-6(11)3-2-4-7(9)12/h2-4H,13H2,1H3. The van der Waals surface area contributed by atoms with Crippen LogP contribution in [-0.2, 0) is 0 Å². The molecule has 0 aliphatic carbocycles. The summed E-state index contributed by atoms with van der Waals surface area (Å²) in [6, 6.07) is 4.43. The van der Waals surface area contributed by atoms with Gasteiger partial charge < -0.3 is 10.3 Å². The van der Waals surface area contributed by atoms with Crippen molar-refractivity contribution in [3.63, 3.8) is 0 Å². The van der Waals surface area contributed by atoms with E-state index in [1.165, 1.54) is 12.1 Å². The molecule has 5 heteroatoms. The zero-order chi connectivity index (χ0) is 11.0. The average Bonchev–Trinajstić information content (AvgIpc) is 2.49. The zero-order valence-corrected chi connectivity index (χ0v) is 8.68. The van der Waals surface area contributed by atoms with Gasteiger partial charge in [0.25, 0.3) is 0 Å². The minimum atomic E-state index is -0.444. The largest absolute Gasteiger partial charge is 0.367 e. The van der Waals surface area contributed by atoms with Gasteiger partial charge in [-0.1, -0.05) is 22.8 Å². The minimum absolute atomic E-state index is 0.0690. The Morgan fingerprint density at radius 3 is 2.67 bits per heavy atom. The predicted molar refractivity (Wildman–Crippen MR) is 56.1 cm³/mol. The van der Waals surface area contributed by atoms with Crippen molar-refractivity contribution < 1.29 is 8.91 Å². The molecule has 0 aliphatic rings. The van der Waals surface area contributed by atoms with Crippen molar-refractivity contribution in [3.05, 3.63) is 34.7 Å². The number of nitrogens with two attached hydrogens (primary N) is 1. The van der Waals surface area contributed by atoms with Crippen LogP contribution in [0, 0.1) is 12.7 Å². The van der Waals surface area contributed by atoms with Gasteiger partial charge in [0.15, 0.2) is 0 Å². The number of rotatable bonds is 1. The highest BCUT2D eigenvalue weighted by Crippen LogP contribution is 2.36. The van der Waals surface area contributed by atoms with Crippen LogP contribution in [0.1, 0.15) is 5.69 Å². The summed E-state index contributed by atoms with van der Waals surface area (Å²) in [5, 5.41) is 3.93. The summed E-state index contributed by atoms with van der Waals surface area (Å²) in [6.07, 6.45) is 0. The topological polar surface area (TPSA) is 52.0 Å². The average molecular weight is 227 g/mol. The predicted octanol–water partition coefficient (Wildman–Crippen LogP) is 3.02. The van der Waals surface area contributed by atoms with E-state index in [2.05, 4.69) is 5.16 Å². The molecular weight excluding hydrogens is 219 g/mol. The second kappa shape index (κ2) is 3.55. The number of benzene rings is 1. The Kier molecular flexibility index (Phi) is 2.36. The summed E-state index contributed by atoms with van der Waals surface area (Å²) in [7, 11) is 0. The molecule has 2 rings (SSSR count). The molecule has 0 bridgehead atoms. The van der Waals surface area contributed by atoms with E-state index in [9.17, 15) is 4.39 Å². The van der Waals surface area contributed by atoms with Crippen molar-refractivity contribution in [1.82, 2.24) is 5.16 Å². The van der Waals surface area contributed by atoms with Crippen LogP contribution in [0.5, 0.6) is 0 Å². The molecule has 0 aliphatic heterocycles. The lowest BCUT2D eigenvalue weighted by atomic mass is 10.1. The van der Waals surface area contributed by atoms with E-state index >= 15 is 0 Å². The highest BCUT2D eigenvalue weighted by molar-refractivity contribution is 6.33. The third kappa shape index (κ3) is 1.57. The summed E-state index contributed by atoms with van der Waals surface area (Å²) in [5.74, 6) is -0.375. The molecule has 2 aromatic rings. The summed E-state index contributed by atoms with van der Waals surface area (Å²) >= 11 is 5.90. The van der Waals surface area contributed by atoms with Gasteiger partial charge in [0, 0.05) is 5.56 Å². The number of aryl methyl sites for hydroxylation is 1. The van der Waals surface area contributed by atoms with E-state index in [0.717, 1.165) is 0 Å². The molecule has 0 saturated carbocycles. The Morgan fingerprint density at radius 1 is 1.40 bits per heavy atom. The van der Waals surface area contributed by atoms with Crippen LogP contribution in [0.4, 0.5) is 10.3 Å². The van der Waals surface area contributed by atoms with Gasteiger partial charge in [-0.15, -0.1) is 0 Å². The lowest BCUT2D eigenvalue weighted by molar-refractivity contribution is 0.431. The van der Waals surface area contributed by atoms with Gasteiger partial charge in [-0.05, 0) is 19.1 Å². The van der Waals surface area contributed by atoms with E-state index in [4.69, 9.17) is 21.9 Å². The number of hydrogen-bond donors (Lipinski definition) is 1. The summed E-state index contributed by atoms with van der Waals surface area (Å²) < 4.78 is 18.3. The SMILES string of the molecule is Cc1noc(N)c1-c1c(F)cccc1Cl. The first-order chi connectivity index (χ1) is 7.11. The minimum Gasteiger partial charge on any atom is -0.367 e. The highest BCUT2D eigenvalue weighted by atomic mass is 35.5. The Bertz CT molecular complexity index is 470. The van der Waals surface area contributed by atoms with Crippen molar-refractivity contribution in [2.45, 2.75) is 6.92 Å². The Morgan fingerprint density at radius 2 is 2.13 bits per heavy atom. The molecule has 0 spiro atoms. The number of halogens is 2. The van der Waals surface area contributed by atoms with Gasteiger partial charge in [-0.3, -0.25) is 0 Å². The van der Waals surface area contributed by atoms with E-state index in [0.29, 0.717) is 11.3 Å². The second-order valence-corrected chi connectivity index (χ2v) is 3.51. The number of hydrogen-bond acceptors (Lipinski definition) is 3. The summed E-state index contributed by atoms with van der Waals surface area (Å²) in [6.45, 7) is 1.68. The zero-order valence-electron chi connectivity index (χ0n) is 7.92. The van der Waals surface area contributed by atoms with Crippen LogP contribution >= 0.6 is 11.6 Å². The fourth-order valence-electron chi connectivity index (χ4n) is 1.43. The fourth-order valence-corrected chi connectivity index (χ4v) is 1.69. The first-order valence-electron chi connectivity index (χ1n) is 4.27. The summed E-state index contributed by atoms with van der Waals surface area (Å²) in [5.41, 5.74) is 6.72. The molecule has 1 aromatic heterocycles. The van der Waals surface area contributed by atoms with Crippen LogP contribution in [0.3, 0.4) is 0 Å².